The molecule has 0 atom stereocenters. The molecule has 0 fully saturated rings. The Morgan fingerprint density at radius 2 is 1.89 bits per heavy atom. The molecule has 19 heavy (non-hydrogen) atoms. The number of imidazole rings is 1. The zero-order chi connectivity index (χ0) is 14.2. The molecule has 0 aliphatic carbocycles. The van der Waals surface area contributed by atoms with Crippen molar-refractivity contribution in [2.45, 2.75) is 5.16 Å². The number of carbonyl (C=O) groups is 1. The monoisotopic (exact) mass is 283 g/mol. The summed E-state index contributed by atoms with van der Waals surface area (Å²) >= 11 is 0. The van der Waals surface area contributed by atoms with E-state index in [-0.39, 0.29) is 16.5 Å². The van der Waals surface area contributed by atoms with E-state index in [1.165, 1.54) is 24.3 Å². The standard InChI is InChI=1S/C11H10FN3O3S/c1-19(17,18)11-14-8(9(15-11)10(13)16)6-2-4-7(12)5-3-6/h2-5H,1H3,(H2,13,16)(H,14,15). The molecule has 6 nitrogen and oxygen atoms in total. The average molecular weight is 283 g/mol. The van der Waals surface area contributed by atoms with Crippen molar-refractivity contribution in [3.8, 4) is 11.3 Å². The van der Waals surface area contributed by atoms with Gasteiger partial charge in [-0.1, -0.05) is 0 Å². The molecule has 0 bridgehead atoms. The summed E-state index contributed by atoms with van der Waals surface area (Å²) in [5.74, 6) is -1.32. The number of primary amides is 1. The molecule has 1 aromatic carbocycles. The van der Waals surface area contributed by atoms with Gasteiger partial charge in [-0.3, -0.25) is 4.79 Å². The van der Waals surface area contributed by atoms with Gasteiger partial charge in [0, 0.05) is 11.8 Å². The predicted molar refractivity (Wildman–Crippen MR) is 65.6 cm³/mol. The van der Waals surface area contributed by atoms with Crippen LogP contribution in [0, 0.1) is 5.82 Å². The number of nitrogens with two attached hydrogens (primary N) is 1. The molecule has 1 aromatic heterocycles. The van der Waals surface area contributed by atoms with Gasteiger partial charge in [-0.2, -0.15) is 0 Å². The Labute approximate surface area is 108 Å². The highest BCUT2D eigenvalue weighted by Gasteiger charge is 2.21. The number of amides is 1. The van der Waals surface area contributed by atoms with Gasteiger partial charge in [0.25, 0.3) is 5.91 Å². The molecular weight excluding hydrogens is 273 g/mol. The molecule has 1 amide bonds. The summed E-state index contributed by atoms with van der Waals surface area (Å²) in [4.78, 5) is 17.5. The number of rotatable bonds is 3. The van der Waals surface area contributed by atoms with Gasteiger partial charge in [0.2, 0.25) is 15.0 Å². The van der Waals surface area contributed by atoms with E-state index in [4.69, 9.17) is 5.73 Å². The average Bonchev–Trinajstić information content (AvgIpc) is 2.74. The fraction of sp³-hybridized carbons (Fsp3) is 0.0909. The summed E-state index contributed by atoms with van der Waals surface area (Å²) in [6.07, 6.45) is 0.949. The smallest absolute Gasteiger partial charge is 0.269 e. The highest BCUT2D eigenvalue weighted by molar-refractivity contribution is 7.90. The lowest BCUT2D eigenvalue weighted by Crippen LogP contribution is -2.13. The lowest BCUT2D eigenvalue weighted by molar-refractivity contribution is 0.0996. The fourth-order valence-corrected chi connectivity index (χ4v) is 2.08. The van der Waals surface area contributed by atoms with Crippen LogP contribution in [0.5, 0.6) is 0 Å². The molecule has 0 unspecified atom stereocenters. The maximum Gasteiger partial charge on any atom is 0.269 e. The number of sulfone groups is 1. The third kappa shape index (κ3) is 2.63. The lowest BCUT2D eigenvalue weighted by atomic mass is 10.1. The Bertz CT molecular complexity index is 735. The van der Waals surface area contributed by atoms with Crippen molar-refractivity contribution in [1.29, 1.82) is 0 Å². The Morgan fingerprint density at radius 1 is 1.32 bits per heavy atom. The van der Waals surface area contributed by atoms with Gasteiger partial charge in [-0.05, 0) is 24.3 Å². The molecular formula is C11H10FN3O3S. The minimum absolute atomic E-state index is 0.146. The van der Waals surface area contributed by atoms with Gasteiger partial charge in [0.05, 0.1) is 5.69 Å². The highest BCUT2D eigenvalue weighted by atomic mass is 32.2. The molecule has 1 heterocycles. The molecule has 0 saturated heterocycles. The second-order valence-electron chi connectivity index (χ2n) is 3.91. The maximum atomic E-state index is 12.8. The van der Waals surface area contributed by atoms with Crippen molar-refractivity contribution >= 4 is 15.7 Å². The summed E-state index contributed by atoms with van der Waals surface area (Å²) in [6, 6.07) is 5.14. The molecule has 2 aromatic rings. The predicted octanol–water partition coefficient (Wildman–Crippen LogP) is 0.718. The first-order chi connectivity index (χ1) is 8.79. The van der Waals surface area contributed by atoms with Crippen molar-refractivity contribution in [2.24, 2.45) is 5.73 Å². The molecule has 100 valence electrons. The van der Waals surface area contributed by atoms with Crippen LogP contribution < -0.4 is 5.73 Å². The summed E-state index contributed by atoms with van der Waals surface area (Å²) in [5.41, 5.74) is 5.51. The van der Waals surface area contributed by atoms with E-state index in [0.29, 0.717) is 5.56 Å². The van der Waals surface area contributed by atoms with E-state index in [2.05, 4.69) is 9.97 Å². The highest BCUT2D eigenvalue weighted by Crippen LogP contribution is 2.23. The third-order valence-electron chi connectivity index (χ3n) is 2.40. The molecule has 0 aliphatic rings. The SMILES string of the molecule is CS(=O)(=O)c1nc(C(N)=O)c(-c2ccc(F)cc2)[nH]1. The summed E-state index contributed by atoms with van der Waals surface area (Å²) in [7, 11) is -3.60. The number of hydrogen-bond acceptors (Lipinski definition) is 4. The van der Waals surface area contributed by atoms with E-state index in [9.17, 15) is 17.6 Å². The van der Waals surface area contributed by atoms with Crippen molar-refractivity contribution in [1.82, 2.24) is 9.97 Å². The number of H-pyrrole nitrogens is 1. The number of halogens is 1. The molecule has 2 rings (SSSR count). The first-order valence-electron chi connectivity index (χ1n) is 5.15. The second kappa shape index (κ2) is 4.47. The number of hydrogen-bond donors (Lipinski definition) is 2. The van der Waals surface area contributed by atoms with Gasteiger partial charge < -0.3 is 10.7 Å². The topological polar surface area (TPSA) is 106 Å². The Balaban J connectivity index is 2.65. The largest absolute Gasteiger partial charge is 0.364 e. The minimum atomic E-state index is -3.60. The van der Waals surface area contributed by atoms with E-state index in [1.807, 2.05) is 0 Å². The molecule has 0 aliphatic heterocycles. The summed E-state index contributed by atoms with van der Waals surface area (Å²) in [6.45, 7) is 0. The normalized spacial score (nSPS) is 11.5. The van der Waals surface area contributed by atoms with Crippen LogP contribution in [-0.4, -0.2) is 30.5 Å². The van der Waals surface area contributed by atoms with Crippen LogP contribution in [0.4, 0.5) is 4.39 Å². The Morgan fingerprint density at radius 3 is 2.37 bits per heavy atom. The zero-order valence-electron chi connectivity index (χ0n) is 9.84. The maximum absolute atomic E-state index is 12.8. The van der Waals surface area contributed by atoms with E-state index in [0.717, 1.165) is 6.26 Å². The fourth-order valence-electron chi connectivity index (χ4n) is 1.53. The quantitative estimate of drug-likeness (QED) is 0.865. The van der Waals surface area contributed by atoms with Gasteiger partial charge >= 0.3 is 0 Å². The first-order valence-corrected chi connectivity index (χ1v) is 7.04. The third-order valence-corrected chi connectivity index (χ3v) is 3.30. The zero-order valence-corrected chi connectivity index (χ0v) is 10.7. The number of aromatic nitrogens is 2. The number of aromatic amines is 1. The van der Waals surface area contributed by atoms with Crippen molar-refractivity contribution in [2.75, 3.05) is 6.26 Å². The van der Waals surface area contributed by atoms with Crippen LogP contribution in [-0.2, 0) is 9.84 Å². The van der Waals surface area contributed by atoms with Crippen LogP contribution in [0.1, 0.15) is 10.5 Å². The second-order valence-corrected chi connectivity index (χ2v) is 5.84. The minimum Gasteiger partial charge on any atom is -0.364 e. The number of carbonyl (C=O) groups excluding carboxylic acids is 1. The van der Waals surface area contributed by atoms with Gasteiger partial charge in [-0.25, -0.2) is 17.8 Å². The van der Waals surface area contributed by atoms with Crippen LogP contribution in [0.2, 0.25) is 0 Å². The van der Waals surface area contributed by atoms with Gasteiger partial charge in [0.15, 0.2) is 5.69 Å². The van der Waals surface area contributed by atoms with E-state index < -0.39 is 21.6 Å². The molecule has 0 saturated carbocycles. The van der Waals surface area contributed by atoms with Crippen LogP contribution >= 0.6 is 0 Å². The number of nitrogens with zero attached hydrogens (tertiary/aromatic N) is 1. The Hall–Kier alpha value is -2.22. The van der Waals surface area contributed by atoms with Crippen molar-refractivity contribution in [3.05, 3.63) is 35.8 Å². The van der Waals surface area contributed by atoms with Crippen LogP contribution in [0.3, 0.4) is 0 Å². The Kier molecular flexibility index (Phi) is 3.11. The summed E-state index contributed by atoms with van der Waals surface area (Å²) in [5, 5.41) is -0.361. The first kappa shape index (κ1) is 13.2. The van der Waals surface area contributed by atoms with E-state index in [1.54, 1.807) is 0 Å². The lowest BCUT2D eigenvalue weighted by Gasteiger charge is -1.99. The van der Waals surface area contributed by atoms with E-state index >= 15 is 0 Å². The molecule has 3 N–H and O–H groups in total. The van der Waals surface area contributed by atoms with Crippen LogP contribution in [0.25, 0.3) is 11.3 Å². The molecule has 0 radical (unpaired) electrons. The number of nitrogens with one attached hydrogen (secondary N) is 1. The molecule has 8 heteroatoms. The van der Waals surface area contributed by atoms with Crippen molar-refractivity contribution in [3.63, 3.8) is 0 Å². The van der Waals surface area contributed by atoms with Gasteiger partial charge in [0.1, 0.15) is 5.82 Å². The van der Waals surface area contributed by atoms with Gasteiger partial charge in [-0.15, -0.1) is 0 Å². The molecule has 0 spiro atoms. The van der Waals surface area contributed by atoms with Crippen molar-refractivity contribution < 1.29 is 17.6 Å². The number of benzene rings is 1. The summed E-state index contributed by atoms with van der Waals surface area (Å²) < 4.78 is 35.6. The van der Waals surface area contributed by atoms with Crippen LogP contribution in [0.15, 0.2) is 29.4 Å².